The first-order valence-electron chi connectivity index (χ1n) is 7.01. The van der Waals surface area contributed by atoms with Gasteiger partial charge < -0.3 is 16.0 Å². The smallest absolute Gasteiger partial charge is 0.239 e. The lowest BCUT2D eigenvalue weighted by atomic mass is 9.89. The molecule has 0 bridgehead atoms. The fourth-order valence-electron chi connectivity index (χ4n) is 2.49. The normalized spacial score (nSPS) is 20.0. The highest BCUT2D eigenvalue weighted by Crippen LogP contribution is 2.23. The highest BCUT2D eigenvalue weighted by Gasteiger charge is 2.21. The molecule has 0 aromatic rings. The monoisotopic (exact) mass is 289 g/mol. The zero-order valence-corrected chi connectivity index (χ0v) is 12.1. The summed E-state index contributed by atoms with van der Waals surface area (Å²) in [5.74, 6) is 0.659. The quantitative estimate of drug-likeness (QED) is 0.688. The Hall–Kier alpha value is -0.810. The van der Waals surface area contributed by atoms with Gasteiger partial charge >= 0.3 is 0 Å². The molecular formula is C13H24ClN3O2. The van der Waals surface area contributed by atoms with Crippen LogP contribution in [0.15, 0.2) is 0 Å². The molecule has 0 atom stereocenters. The Morgan fingerprint density at radius 3 is 2.32 bits per heavy atom. The number of nitrogens with one attached hydrogen (secondary N) is 3. The van der Waals surface area contributed by atoms with Gasteiger partial charge in [0.25, 0.3) is 0 Å². The van der Waals surface area contributed by atoms with Crippen LogP contribution >= 0.6 is 12.4 Å². The Morgan fingerprint density at radius 1 is 1.05 bits per heavy atom. The van der Waals surface area contributed by atoms with E-state index in [9.17, 15) is 9.59 Å². The summed E-state index contributed by atoms with van der Waals surface area (Å²) in [6.07, 6.45) is 5.46. The highest BCUT2D eigenvalue weighted by molar-refractivity contribution is 5.86. The molecule has 2 amide bonds. The van der Waals surface area contributed by atoms with Crippen LogP contribution in [0.5, 0.6) is 0 Å². The summed E-state index contributed by atoms with van der Waals surface area (Å²) in [5.41, 5.74) is 0. The molecule has 0 spiro atoms. The highest BCUT2D eigenvalue weighted by atomic mass is 35.5. The third kappa shape index (κ3) is 5.37. The van der Waals surface area contributed by atoms with E-state index in [1.54, 1.807) is 0 Å². The summed E-state index contributed by atoms with van der Waals surface area (Å²) in [4.78, 5) is 23.3. The van der Waals surface area contributed by atoms with Crippen LogP contribution < -0.4 is 16.0 Å². The van der Waals surface area contributed by atoms with Crippen molar-refractivity contribution in [2.24, 2.45) is 11.8 Å². The number of rotatable bonds is 5. The summed E-state index contributed by atoms with van der Waals surface area (Å²) in [7, 11) is 0. The lowest BCUT2D eigenvalue weighted by Crippen LogP contribution is -2.49. The molecule has 2 rings (SSSR count). The second kappa shape index (κ2) is 8.38. The largest absolute Gasteiger partial charge is 0.354 e. The van der Waals surface area contributed by atoms with E-state index < -0.39 is 0 Å². The van der Waals surface area contributed by atoms with Gasteiger partial charge in [0.2, 0.25) is 11.8 Å². The molecule has 0 radical (unpaired) electrons. The molecule has 19 heavy (non-hydrogen) atoms. The molecule has 1 heterocycles. The van der Waals surface area contributed by atoms with Crippen molar-refractivity contribution < 1.29 is 9.59 Å². The fraction of sp³-hybridized carbons (Fsp3) is 0.846. The first kappa shape index (κ1) is 16.2. The Balaban J connectivity index is 0.00000180. The van der Waals surface area contributed by atoms with Crippen LogP contribution in [0.2, 0.25) is 0 Å². The summed E-state index contributed by atoms with van der Waals surface area (Å²) in [6, 6.07) is 0. The van der Waals surface area contributed by atoms with Gasteiger partial charge in [-0.05, 0) is 12.8 Å². The second-order valence-electron chi connectivity index (χ2n) is 5.38. The van der Waals surface area contributed by atoms with Gasteiger partial charge in [-0.2, -0.15) is 0 Å². The van der Waals surface area contributed by atoms with Crippen LogP contribution in [-0.2, 0) is 9.59 Å². The van der Waals surface area contributed by atoms with Crippen LogP contribution in [0.4, 0.5) is 0 Å². The van der Waals surface area contributed by atoms with Crippen molar-refractivity contribution in [2.45, 2.75) is 32.1 Å². The molecule has 0 aromatic carbocycles. The molecule has 0 aromatic heterocycles. The van der Waals surface area contributed by atoms with Crippen molar-refractivity contribution in [3.63, 3.8) is 0 Å². The maximum absolute atomic E-state index is 11.8. The minimum atomic E-state index is -0.0777. The number of halogens is 1. The van der Waals surface area contributed by atoms with Crippen molar-refractivity contribution in [2.75, 3.05) is 26.2 Å². The summed E-state index contributed by atoms with van der Waals surface area (Å²) in [6.45, 7) is 2.80. The lowest BCUT2D eigenvalue weighted by molar-refractivity contribution is -0.129. The third-order valence-corrected chi connectivity index (χ3v) is 3.85. The molecule has 5 nitrogen and oxygen atoms in total. The minimum absolute atomic E-state index is 0. The number of hydrogen-bond donors (Lipinski definition) is 3. The zero-order chi connectivity index (χ0) is 12.8. The second-order valence-corrected chi connectivity index (χ2v) is 5.38. The Morgan fingerprint density at radius 2 is 1.74 bits per heavy atom. The van der Waals surface area contributed by atoms with Crippen molar-refractivity contribution in [3.8, 4) is 0 Å². The van der Waals surface area contributed by atoms with E-state index in [1.165, 1.54) is 6.42 Å². The number of carbonyl (C=O) groups excluding carboxylic acids is 2. The molecular weight excluding hydrogens is 266 g/mol. The molecule has 110 valence electrons. The molecule has 3 N–H and O–H groups in total. The van der Waals surface area contributed by atoms with Crippen molar-refractivity contribution >= 4 is 24.2 Å². The van der Waals surface area contributed by atoms with E-state index >= 15 is 0 Å². The molecule has 2 fully saturated rings. The predicted octanol–water partition coefficient (Wildman–Crippen LogP) is 0.440. The Labute approximate surface area is 120 Å². The van der Waals surface area contributed by atoms with E-state index in [1.807, 2.05) is 0 Å². The first-order valence-corrected chi connectivity index (χ1v) is 7.01. The first-order chi connectivity index (χ1) is 8.75. The van der Waals surface area contributed by atoms with Crippen LogP contribution in [0, 0.1) is 11.8 Å². The van der Waals surface area contributed by atoms with Crippen molar-refractivity contribution in [3.05, 3.63) is 0 Å². The van der Waals surface area contributed by atoms with E-state index in [0.29, 0.717) is 12.5 Å². The summed E-state index contributed by atoms with van der Waals surface area (Å²) in [5, 5.41) is 8.75. The van der Waals surface area contributed by atoms with Crippen LogP contribution in [-0.4, -0.2) is 38.0 Å². The van der Waals surface area contributed by atoms with Gasteiger partial charge in [0.05, 0.1) is 6.54 Å². The predicted molar refractivity (Wildman–Crippen MR) is 76.2 cm³/mol. The summed E-state index contributed by atoms with van der Waals surface area (Å²) >= 11 is 0. The molecule has 2 aliphatic rings. The summed E-state index contributed by atoms with van der Waals surface area (Å²) < 4.78 is 0. The van der Waals surface area contributed by atoms with Crippen LogP contribution in [0.1, 0.15) is 32.1 Å². The van der Waals surface area contributed by atoms with E-state index in [-0.39, 0.29) is 36.7 Å². The standard InChI is InChI=1S/C13H23N3O2.ClH/c17-12(15-8-10-6-14-7-10)9-16-13(18)11-4-2-1-3-5-11;/h10-11,14H,1-9H2,(H,15,17)(H,16,18);1H. The maximum atomic E-state index is 11.8. The molecule has 1 aliphatic heterocycles. The topological polar surface area (TPSA) is 70.2 Å². The van der Waals surface area contributed by atoms with E-state index in [2.05, 4.69) is 16.0 Å². The number of carbonyl (C=O) groups is 2. The van der Waals surface area contributed by atoms with Crippen LogP contribution in [0.25, 0.3) is 0 Å². The van der Waals surface area contributed by atoms with E-state index in [0.717, 1.165) is 38.8 Å². The molecule has 0 unspecified atom stereocenters. The zero-order valence-electron chi connectivity index (χ0n) is 11.2. The van der Waals surface area contributed by atoms with Gasteiger partial charge in [0.1, 0.15) is 0 Å². The molecule has 1 saturated carbocycles. The van der Waals surface area contributed by atoms with Crippen LogP contribution in [0.3, 0.4) is 0 Å². The van der Waals surface area contributed by atoms with Gasteiger partial charge in [-0.1, -0.05) is 19.3 Å². The average Bonchev–Trinajstić information content (AvgIpc) is 2.35. The minimum Gasteiger partial charge on any atom is -0.354 e. The number of hydrogen-bond acceptors (Lipinski definition) is 3. The maximum Gasteiger partial charge on any atom is 0.239 e. The number of amides is 2. The third-order valence-electron chi connectivity index (χ3n) is 3.85. The Kier molecular flexibility index (Phi) is 7.16. The van der Waals surface area contributed by atoms with Crippen molar-refractivity contribution in [1.29, 1.82) is 0 Å². The SMILES string of the molecule is Cl.O=C(CNC(=O)C1CCCCC1)NCC1CNC1. The van der Waals surface area contributed by atoms with Gasteiger partial charge in [-0.15, -0.1) is 12.4 Å². The van der Waals surface area contributed by atoms with E-state index in [4.69, 9.17) is 0 Å². The van der Waals surface area contributed by atoms with Crippen molar-refractivity contribution in [1.82, 2.24) is 16.0 Å². The Bertz CT molecular complexity index is 302. The van der Waals surface area contributed by atoms with Gasteiger partial charge in [-0.3, -0.25) is 9.59 Å². The molecule has 1 saturated heterocycles. The lowest BCUT2D eigenvalue weighted by Gasteiger charge is -2.27. The fourth-order valence-corrected chi connectivity index (χ4v) is 2.49. The van der Waals surface area contributed by atoms with Gasteiger partial charge in [0, 0.05) is 31.5 Å². The molecule has 1 aliphatic carbocycles. The van der Waals surface area contributed by atoms with Gasteiger partial charge in [0.15, 0.2) is 0 Å². The molecule has 6 heteroatoms. The van der Waals surface area contributed by atoms with Gasteiger partial charge in [-0.25, -0.2) is 0 Å². The average molecular weight is 290 g/mol.